The summed E-state index contributed by atoms with van der Waals surface area (Å²) in [5.41, 5.74) is 1.10. The second-order valence-corrected chi connectivity index (χ2v) is 5.82. The summed E-state index contributed by atoms with van der Waals surface area (Å²) < 4.78 is 0.690. The summed E-state index contributed by atoms with van der Waals surface area (Å²) in [7, 11) is 0. The Morgan fingerprint density at radius 2 is 2.06 bits per heavy atom. The third-order valence-corrected chi connectivity index (χ3v) is 3.77. The zero-order valence-corrected chi connectivity index (χ0v) is 12.1. The first-order valence-electron chi connectivity index (χ1n) is 5.45. The first kappa shape index (κ1) is 15.3. The summed E-state index contributed by atoms with van der Waals surface area (Å²) in [6.45, 7) is 0.655. The molecule has 0 saturated carbocycles. The van der Waals surface area contributed by atoms with Crippen molar-refractivity contribution in [1.29, 1.82) is 0 Å². The predicted molar refractivity (Wildman–Crippen MR) is 80.2 cm³/mol. The summed E-state index contributed by atoms with van der Waals surface area (Å²) >= 11 is 12.4. The van der Waals surface area contributed by atoms with E-state index in [4.69, 9.17) is 28.9 Å². The zero-order valence-electron chi connectivity index (χ0n) is 9.69. The molecule has 0 saturated heterocycles. The van der Waals surface area contributed by atoms with Crippen LogP contribution in [0.4, 0.5) is 0 Å². The summed E-state index contributed by atoms with van der Waals surface area (Å²) in [5.74, 6) is -0.0469. The van der Waals surface area contributed by atoms with Crippen LogP contribution in [0.1, 0.15) is 18.4 Å². The lowest BCUT2D eigenvalue weighted by Crippen LogP contribution is -2.18. The van der Waals surface area contributed by atoms with Crippen molar-refractivity contribution in [1.82, 2.24) is 5.32 Å². The number of carbonyl (C=O) groups is 1. The van der Waals surface area contributed by atoms with E-state index >= 15 is 0 Å². The number of rotatable bonds is 6. The molecule has 1 aromatic rings. The number of carboxylic acids is 1. The van der Waals surface area contributed by atoms with Gasteiger partial charge in [0.15, 0.2) is 0 Å². The van der Waals surface area contributed by atoms with Gasteiger partial charge in [-0.25, -0.2) is 0 Å². The van der Waals surface area contributed by atoms with Crippen LogP contribution in [0.15, 0.2) is 24.3 Å². The number of carboxylic acid groups (broad SMARTS) is 1. The standard InChI is InChI=1S/C12H14ClNO2S2/c13-10-5-3-9(4-6-10)8-14-12(17)18-7-1-2-11(15)16/h3-6H,1-2,7-8H2,(H,14,17)(H,15,16). The molecule has 2 N–H and O–H groups in total. The van der Waals surface area contributed by atoms with Gasteiger partial charge >= 0.3 is 5.97 Å². The number of hydrogen-bond acceptors (Lipinski definition) is 3. The van der Waals surface area contributed by atoms with Gasteiger partial charge in [-0.05, 0) is 24.1 Å². The van der Waals surface area contributed by atoms with Gasteiger partial charge in [-0.1, -0.05) is 47.7 Å². The zero-order chi connectivity index (χ0) is 13.4. The van der Waals surface area contributed by atoms with E-state index in [1.54, 1.807) is 0 Å². The number of benzene rings is 1. The summed E-state index contributed by atoms with van der Waals surface area (Å²) in [5, 5.41) is 12.3. The van der Waals surface area contributed by atoms with Crippen molar-refractivity contribution >= 4 is 45.9 Å². The molecular weight excluding hydrogens is 290 g/mol. The number of thiocarbonyl (C=S) groups is 1. The van der Waals surface area contributed by atoms with Gasteiger partial charge in [0.2, 0.25) is 0 Å². The molecule has 18 heavy (non-hydrogen) atoms. The predicted octanol–water partition coefficient (Wildman–Crippen LogP) is 3.31. The molecule has 6 heteroatoms. The van der Waals surface area contributed by atoms with Gasteiger partial charge < -0.3 is 10.4 Å². The summed E-state index contributed by atoms with van der Waals surface area (Å²) in [4.78, 5) is 10.3. The van der Waals surface area contributed by atoms with Crippen LogP contribution >= 0.6 is 35.6 Å². The molecule has 0 amide bonds. The summed E-state index contributed by atoms with van der Waals surface area (Å²) in [6.07, 6.45) is 0.815. The minimum absolute atomic E-state index is 0.187. The first-order valence-corrected chi connectivity index (χ1v) is 7.22. The number of thioether (sulfide) groups is 1. The molecule has 3 nitrogen and oxygen atoms in total. The lowest BCUT2D eigenvalue weighted by molar-refractivity contribution is -0.137. The SMILES string of the molecule is O=C(O)CCCSC(=S)NCc1ccc(Cl)cc1. The van der Waals surface area contributed by atoms with Gasteiger partial charge in [-0.3, -0.25) is 4.79 Å². The lowest BCUT2D eigenvalue weighted by atomic mass is 10.2. The maximum atomic E-state index is 10.3. The minimum Gasteiger partial charge on any atom is -0.481 e. The highest BCUT2D eigenvalue weighted by atomic mass is 35.5. The van der Waals surface area contributed by atoms with E-state index in [-0.39, 0.29) is 6.42 Å². The molecule has 1 rings (SSSR count). The van der Waals surface area contributed by atoms with Crippen LogP contribution in [-0.2, 0) is 11.3 Å². The average Bonchev–Trinajstić information content (AvgIpc) is 2.34. The molecule has 0 atom stereocenters. The second-order valence-electron chi connectivity index (χ2n) is 3.61. The van der Waals surface area contributed by atoms with Crippen LogP contribution in [0.2, 0.25) is 5.02 Å². The molecule has 0 aromatic heterocycles. The number of aliphatic carboxylic acids is 1. The molecule has 0 radical (unpaired) electrons. The first-order chi connectivity index (χ1) is 8.58. The smallest absolute Gasteiger partial charge is 0.303 e. The Hall–Kier alpha value is -0.780. The molecule has 0 spiro atoms. The maximum absolute atomic E-state index is 10.3. The monoisotopic (exact) mass is 303 g/mol. The van der Waals surface area contributed by atoms with Crippen LogP contribution in [0, 0.1) is 0 Å². The summed E-state index contributed by atoms with van der Waals surface area (Å²) in [6, 6.07) is 7.54. The van der Waals surface area contributed by atoms with Crippen LogP contribution in [-0.4, -0.2) is 21.1 Å². The number of hydrogen-bond donors (Lipinski definition) is 2. The molecular formula is C12H14ClNO2S2. The Kier molecular flexibility index (Phi) is 7.08. The van der Waals surface area contributed by atoms with E-state index in [1.807, 2.05) is 24.3 Å². The Labute approximate surface area is 121 Å². The van der Waals surface area contributed by atoms with Gasteiger partial charge in [-0.15, -0.1) is 0 Å². The molecule has 0 aliphatic rings. The highest BCUT2D eigenvalue weighted by molar-refractivity contribution is 8.22. The quantitative estimate of drug-likeness (QED) is 0.624. The second kappa shape index (κ2) is 8.34. The van der Waals surface area contributed by atoms with Crippen LogP contribution in [0.25, 0.3) is 0 Å². The molecule has 0 aliphatic heterocycles. The molecule has 0 fully saturated rings. The van der Waals surface area contributed by atoms with Crippen LogP contribution in [0.5, 0.6) is 0 Å². The molecule has 0 aliphatic carbocycles. The van der Waals surface area contributed by atoms with Gasteiger partial charge in [0.05, 0.1) is 0 Å². The Balaban J connectivity index is 2.17. The molecule has 0 bridgehead atoms. The third-order valence-electron chi connectivity index (χ3n) is 2.12. The highest BCUT2D eigenvalue weighted by Crippen LogP contribution is 2.10. The van der Waals surface area contributed by atoms with E-state index < -0.39 is 5.97 Å². The third kappa shape index (κ3) is 6.83. The topological polar surface area (TPSA) is 49.3 Å². The molecule has 98 valence electrons. The van der Waals surface area contributed by atoms with Crippen LogP contribution < -0.4 is 5.32 Å². The average molecular weight is 304 g/mol. The molecule has 0 heterocycles. The maximum Gasteiger partial charge on any atom is 0.303 e. The normalized spacial score (nSPS) is 10.1. The van der Waals surface area contributed by atoms with Crippen molar-refractivity contribution < 1.29 is 9.90 Å². The Morgan fingerprint density at radius 1 is 1.39 bits per heavy atom. The molecule has 0 unspecified atom stereocenters. The minimum atomic E-state index is -0.768. The largest absolute Gasteiger partial charge is 0.481 e. The van der Waals surface area contributed by atoms with Crippen molar-refractivity contribution in [2.45, 2.75) is 19.4 Å². The van der Waals surface area contributed by atoms with Crippen LogP contribution in [0.3, 0.4) is 0 Å². The Morgan fingerprint density at radius 3 is 2.67 bits per heavy atom. The fourth-order valence-corrected chi connectivity index (χ4v) is 2.31. The van der Waals surface area contributed by atoms with Gasteiger partial charge in [-0.2, -0.15) is 0 Å². The van der Waals surface area contributed by atoms with E-state index in [1.165, 1.54) is 11.8 Å². The van der Waals surface area contributed by atoms with E-state index in [0.29, 0.717) is 22.3 Å². The Bertz CT molecular complexity index is 409. The fraction of sp³-hybridized carbons (Fsp3) is 0.333. The molecule has 1 aromatic carbocycles. The van der Waals surface area contributed by atoms with Gasteiger partial charge in [0.1, 0.15) is 4.32 Å². The van der Waals surface area contributed by atoms with E-state index in [9.17, 15) is 4.79 Å². The van der Waals surface area contributed by atoms with E-state index in [2.05, 4.69) is 5.32 Å². The van der Waals surface area contributed by atoms with Crippen molar-refractivity contribution in [3.05, 3.63) is 34.9 Å². The van der Waals surface area contributed by atoms with Crippen molar-refractivity contribution in [3.8, 4) is 0 Å². The number of halogens is 1. The lowest BCUT2D eigenvalue weighted by Gasteiger charge is -2.07. The highest BCUT2D eigenvalue weighted by Gasteiger charge is 2.00. The van der Waals surface area contributed by atoms with Crippen molar-refractivity contribution in [3.63, 3.8) is 0 Å². The van der Waals surface area contributed by atoms with Crippen molar-refractivity contribution in [2.75, 3.05) is 5.75 Å². The van der Waals surface area contributed by atoms with Crippen molar-refractivity contribution in [2.24, 2.45) is 0 Å². The van der Waals surface area contributed by atoms with E-state index in [0.717, 1.165) is 11.3 Å². The van der Waals surface area contributed by atoms with Gasteiger partial charge in [0.25, 0.3) is 0 Å². The fourth-order valence-electron chi connectivity index (χ4n) is 1.22. The van der Waals surface area contributed by atoms with Gasteiger partial charge in [0, 0.05) is 23.7 Å². The number of nitrogens with one attached hydrogen (secondary N) is 1.